The molecular formula is C12H14FNO4. The van der Waals surface area contributed by atoms with Crippen LogP contribution in [-0.2, 0) is 9.59 Å². The standard InChI is InChI=1S/C12H14FNO4/c1-2-14(7-12(16)17)11(15)8-18-10-5-3-4-9(13)6-10/h3-6H,2,7-8H2,1H3,(H,16,17). The SMILES string of the molecule is CCN(CC(=O)O)C(=O)COc1cccc(F)c1. The molecule has 1 rings (SSSR count). The van der Waals surface area contributed by atoms with Crippen molar-refractivity contribution in [1.29, 1.82) is 0 Å². The Hall–Kier alpha value is -2.11. The largest absolute Gasteiger partial charge is 0.484 e. The predicted octanol–water partition coefficient (Wildman–Crippen LogP) is 1.14. The molecule has 0 aliphatic carbocycles. The normalized spacial score (nSPS) is 9.89. The molecule has 1 aromatic carbocycles. The smallest absolute Gasteiger partial charge is 0.323 e. The van der Waals surface area contributed by atoms with Crippen LogP contribution in [0.15, 0.2) is 24.3 Å². The summed E-state index contributed by atoms with van der Waals surface area (Å²) in [5.74, 6) is -1.77. The van der Waals surface area contributed by atoms with E-state index < -0.39 is 17.7 Å². The van der Waals surface area contributed by atoms with Gasteiger partial charge in [0.15, 0.2) is 6.61 Å². The average Bonchev–Trinajstić information content (AvgIpc) is 2.33. The summed E-state index contributed by atoms with van der Waals surface area (Å²) in [6, 6.07) is 5.39. The van der Waals surface area contributed by atoms with Gasteiger partial charge in [-0.1, -0.05) is 6.07 Å². The number of halogens is 1. The molecule has 18 heavy (non-hydrogen) atoms. The molecule has 0 fully saturated rings. The molecule has 0 radical (unpaired) electrons. The van der Waals surface area contributed by atoms with E-state index in [1.54, 1.807) is 6.92 Å². The summed E-state index contributed by atoms with van der Waals surface area (Å²) in [7, 11) is 0. The summed E-state index contributed by atoms with van der Waals surface area (Å²) in [6.07, 6.45) is 0. The van der Waals surface area contributed by atoms with Crippen LogP contribution in [0.2, 0.25) is 0 Å². The van der Waals surface area contributed by atoms with E-state index >= 15 is 0 Å². The number of benzene rings is 1. The molecule has 0 aliphatic rings. The molecule has 0 saturated heterocycles. The molecule has 98 valence electrons. The molecule has 0 unspecified atom stereocenters. The van der Waals surface area contributed by atoms with Gasteiger partial charge in [-0.05, 0) is 19.1 Å². The minimum Gasteiger partial charge on any atom is -0.484 e. The van der Waals surface area contributed by atoms with E-state index in [2.05, 4.69) is 0 Å². The summed E-state index contributed by atoms with van der Waals surface area (Å²) in [4.78, 5) is 23.3. The Bertz CT molecular complexity index is 436. The Kier molecular flexibility index (Phi) is 5.10. The molecule has 0 spiro atoms. The highest BCUT2D eigenvalue weighted by Crippen LogP contribution is 2.11. The molecule has 0 aromatic heterocycles. The Morgan fingerprint density at radius 1 is 1.44 bits per heavy atom. The third-order valence-corrected chi connectivity index (χ3v) is 2.22. The fourth-order valence-electron chi connectivity index (χ4n) is 1.33. The van der Waals surface area contributed by atoms with Crippen LogP contribution in [0.3, 0.4) is 0 Å². The van der Waals surface area contributed by atoms with Crippen molar-refractivity contribution >= 4 is 11.9 Å². The Morgan fingerprint density at radius 3 is 2.72 bits per heavy atom. The van der Waals surface area contributed by atoms with Crippen LogP contribution >= 0.6 is 0 Å². The minimum atomic E-state index is -1.09. The topological polar surface area (TPSA) is 66.8 Å². The Labute approximate surface area is 104 Å². The quantitative estimate of drug-likeness (QED) is 0.827. The number of carbonyl (C=O) groups excluding carboxylic acids is 1. The molecule has 0 atom stereocenters. The van der Waals surface area contributed by atoms with Crippen molar-refractivity contribution in [2.24, 2.45) is 0 Å². The van der Waals surface area contributed by atoms with E-state index in [-0.39, 0.29) is 25.4 Å². The number of carbonyl (C=O) groups is 2. The number of hydrogen-bond acceptors (Lipinski definition) is 3. The lowest BCUT2D eigenvalue weighted by atomic mass is 10.3. The van der Waals surface area contributed by atoms with Gasteiger partial charge in [0.2, 0.25) is 0 Å². The fourth-order valence-corrected chi connectivity index (χ4v) is 1.33. The van der Waals surface area contributed by atoms with E-state index in [1.165, 1.54) is 18.2 Å². The number of rotatable bonds is 6. The monoisotopic (exact) mass is 255 g/mol. The van der Waals surface area contributed by atoms with Crippen LogP contribution in [0.5, 0.6) is 5.75 Å². The first-order valence-corrected chi connectivity index (χ1v) is 5.41. The van der Waals surface area contributed by atoms with Gasteiger partial charge in [-0.15, -0.1) is 0 Å². The molecule has 1 amide bonds. The molecule has 0 aliphatic heterocycles. The second-order valence-electron chi connectivity index (χ2n) is 3.55. The maximum atomic E-state index is 12.8. The zero-order valence-corrected chi connectivity index (χ0v) is 9.93. The van der Waals surface area contributed by atoms with Crippen LogP contribution in [0.25, 0.3) is 0 Å². The van der Waals surface area contributed by atoms with Crippen molar-refractivity contribution in [2.45, 2.75) is 6.92 Å². The van der Waals surface area contributed by atoms with Gasteiger partial charge < -0.3 is 14.7 Å². The van der Waals surface area contributed by atoms with E-state index in [4.69, 9.17) is 9.84 Å². The van der Waals surface area contributed by atoms with Crippen LogP contribution in [0.1, 0.15) is 6.92 Å². The molecule has 0 saturated carbocycles. The number of ether oxygens (including phenoxy) is 1. The van der Waals surface area contributed by atoms with Gasteiger partial charge in [0.1, 0.15) is 18.1 Å². The molecule has 0 bridgehead atoms. The molecule has 0 heterocycles. The van der Waals surface area contributed by atoms with Crippen LogP contribution in [-0.4, -0.2) is 41.6 Å². The van der Waals surface area contributed by atoms with E-state index in [0.717, 1.165) is 11.0 Å². The van der Waals surface area contributed by atoms with Gasteiger partial charge in [-0.25, -0.2) is 4.39 Å². The van der Waals surface area contributed by atoms with Crippen LogP contribution < -0.4 is 4.74 Å². The fraction of sp³-hybridized carbons (Fsp3) is 0.333. The first-order valence-electron chi connectivity index (χ1n) is 5.41. The first-order chi connectivity index (χ1) is 8.52. The molecule has 5 nitrogen and oxygen atoms in total. The van der Waals surface area contributed by atoms with E-state index in [9.17, 15) is 14.0 Å². The number of amides is 1. The molecule has 6 heteroatoms. The van der Waals surface area contributed by atoms with Gasteiger partial charge >= 0.3 is 5.97 Å². The second kappa shape index (κ2) is 6.58. The zero-order chi connectivity index (χ0) is 13.5. The van der Waals surface area contributed by atoms with Crippen LogP contribution in [0.4, 0.5) is 4.39 Å². The van der Waals surface area contributed by atoms with Crippen molar-refractivity contribution in [2.75, 3.05) is 19.7 Å². The number of carboxylic acid groups (broad SMARTS) is 1. The van der Waals surface area contributed by atoms with Gasteiger partial charge in [0.05, 0.1) is 0 Å². The maximum absolute atomic E-state index is 12.8. The maximum Gasteiger partial charge on any atom is 0.323 e. The second-order valence-corrected chi connectivity index (χ2v) is 3.55. The third kappa shape index (κ3) is 4.40. The van der Waals surface area contributed by atoms with Gasteiger partial charge in [0.25, 0.3) is 5.91 Å². The highest BCUT2D eigenvalue weighted by molar-refractivity contribution is 5.82. The van der Waals surface area contributed by atoms with E-state index in [0.29, 0.717) is 0 Å². The van der Waals surface area contributed by atoms with Gasteiger partial charge in [-0.2, -0.15) is 0 Å². The third-order valence-electron chi connectivity index (χ3n) is 2.22. The zero-order valence-electron chi connectivity index (χ0n) is 9.93. The summed E-state index contributed by atoms with van der Waals surface area (Å²) in [5, 5.41) is 8.60. The van der Waals surface area contributed by atoms with Gasteiger partial charge in [-0.3, -0.25) is 9.59 Å². The lowest BCUT2D eigenvalue weighted by Crippen LogP contribution is -2.38. The van der Waals surface area contributed by atoms with Crippen molar-refractivity contribution in [1.82, 2.24) is 4.90 Å². The highest BCUT2D eigenvalue weighted by atomic mass is 19.1. The average molecular weight is 255 g/mol. The number of hydrogen-bond donors (Lipinski definition) is 1. The molecular weight excluding hydrogens is 241 g/mol. The summed E-state index contributed by atoms with van der Waals surface area (Å²) in [6.45, 7) is 1.26. The number of nitrogens with zero attached hydrogens (tertiary/aromatic N) is 1. The van der Waals surface area contributed by atoms with Gasteiger partial charge in [0, 0.05) is 12.6 Å². The number of carboxylic acids is 1. The summed E-state index contributed by atoms with van der Waals surface area (Å²) < 4.78 is 17.9. The lowest BCUT2D eigenvalue weighted by molar-refractivity contribution is -0.145. The summed E-state index contributed by atoms with van der Waals surface area (Å²) in [5.41, 5.74) is 0. The van der Waals surface area contributed by atoms with Crippen molar-refractivity contribution in [3.05, 3.63) is 30.1 Å². The van der Waals surface area contributed by atoms with E-state index in [1.807, 2.05) is 0 Å². The first kappa shape index (κ1) is 14.0. The summed E-state index contributed by atoms with van der Waals surface area (Å²) >= 11 is 0. The van der Waals surface area contributed by atoms with Crippen LogP contribution in [0, 0.1) is 5.82 Å². The Morgan fingerprint density at radius 2 is 2.17 bits per heavy atom. The van der Waals surface area contributed by atoms with Crippen molar-refractivity contribution in [3.8, 4) is 5.75 Å². The molecule has 1 N–H and O–H groups in total. The number of likely N-dealkylation sites (N-methyl/N-ethyl adjacent to an activating group) is 1. The predicted molar refractivity (Wildman–Crippen MR) is 61.8 cm³/mol. The lowest BCUT2D eigenvalue weighted by Gasteiger charge is -2.18. The number of aliphatic carboxylic acids is 1. The minimum absolute atomic E-state index is 0.231. The Balaban J connectivity index is 2.51. The van der Waals surface area contributed by atoms with Crippen molar-refractivity contribution < 1.29 is 23.8 Å². The molecule has 1 aromatic rings. The van der Waals surface area contributed by atoms with Crippen molar-refractivity contribution in [3.63, 3.8) is 0 Å². The highest BCUT2D eigenvalue weighted by Gasteiger charge is 2.15.